The first-order chi connectivity index (χ1) is 15.4. The van der Waals surface area contributed by atoms with Gasteiger partial charge in [-0.25, -0.2) is 14.2 Å². The summed E-state index contributed by atoms with van der Waals surface area (Å²) < 4.78 is 14.3. The lowest BCUT2D eigenvalue weighted by Crippen LogP contribution is -2.28. The van der Waals surface area contributed by atoms with Crippen LogP contribution in [0.4, 0.5) is 10.1 Å². The van der Waals surface area contributed by atoms with Crippen molar-refractivity contribution in [2.45, 2.75) is 6.54 Å². The summed E-state index contributed by atoms with van der Waals surface area (Å²) in [5.74, 6) is -1.89. The Morgan fingerprint density at radius 2 is 1.78 bits per heavy atom. The standard InChI is InChI=1S/C24H16ClFN2O3S/c25-19-7-4-8-20(26)18(19)13-21-22(29)28(14-15-9-11-16(12-10-15)23(30)31)24(32-21)27-17-5-2-1-3-6-17/h1-13H,14H2,(H,30,31)/b21-13+,27-24?. The Morgan fingerprint density at radius 1 is 1.06 bits per heavy atom. The number of hydrogen-bond donors (Lipinski definition) is 1. The SMILES string of the molecule is O=C(O)c1ccc(CN2C(=O)/C(=C\c3c(F)cccc3Cl)SC2=Nc2ccccc2)cc1. The summed E-state index contributed by atoms with van der Waals surface area (Å²) in [6.45, 7) is 0.180. The minimum atomic E-state index is -1.03. The minimum Gasteiger partial charge on any atom is -0.478 e. The molecule has 1 saturated heterocycles. The van der Waals surface area contributed by atoms with E-state index >= 15 is 0 Å². The number of carbonyl (C=O) groups is 2. The van der Waals surface area contributed by atoms with Gasteiger partial charge in [0.2, 0.25) is 0 Å². The number of rotatable bonds is 5. The monoisotopic (exact) mass is 466 g/mol. The number of para-hydroxylation sites is 1. The highest BCUT2D eigenvalue weighted by Crippen LogP contribution is 2.36. The maximum atomic E-state index is 14.3. The molecule has 0 bridgehead atoms. The first kappa shape index (κ1) is 21.8. The number of aromatic carboxylic acids is 1. The predicted molar refractivity (Wildman–Crippen MR) is 124 cm³/mol. The molecule has 0 spiro atoms. The highest BCUT2D eigenvalue weighted by Gasteiger charge is 2.34. The molecule has 3 aromatic carbocycles. The lowest BCUT2D eigenvalue weighted by molar-refractivity contribution is -0.122. The van der Waals surface area contributed by atoms with Crippen LogP contribution < -0.4 is 0 Å². The summed E-state index contributed by atoms with van der Waals surface area (Å²) in [6.07, 6.45) is 1.43. The third kappa shape index (κ3) is 4.74. The summed E-state index contributed by atoms with van der Waals surface area (Å²) in [4.78, 5) is 30.7. The molecule has 160 valence electrons. The van der Waals surface area contributed by atoms with Crippen molar-refractivity contribution >= 4 is 52.2 Å². The van der Waals surface area contributed by atoms with Gasteiger partial charge in [0, 0.05) is 5.56 Å². The Kier molecular flexibility index (Phi) is 6.39. The number of carboxylic acid groups (broad SMARTS) is 1. The van der Waals surface area contributed by atoms with Crippen molar-refractivity contribution in [3.63, 3.8) is 0 Å². The molecule has 0 saturated carbocycles. The molecular weight excluding hydrogens is 451 g/mol. The molecule has 32 heavy (non-hydrogen) atoms. The summed E-state index contributed by atoms with van der Waals surface area (Å²) >= 11 is 7.26. The second-order valence-corrected chi connectivity index (χ2v) is 8.29. The van der Waals surface area contributed by atoms with Crippen LogP contribution in [0.15, 0.2) is 82.7 Å². The maximum absolute atomic E-state index is 14.3. The van der Waals surface area contributed by atoms with E-state index in [1.54, 1.807) is 18.2 Å². The van der Waals surface area contributed by atoms with Gasteiger partial charge >= 0.3 is 5.97 Å². The number of carbonyl (C=O) groups excluding carboxylic acids is 1. The van der Waals surface area contributed by atoms with Crippen molar-refractivity contribution in [1.82, 2.24) is 4.90 Å². The second kappa shape index (κ2) is 9.38. The molecule has 1 N–H and O–H groups in total. The van der Waals surface area contributed by atoms with Crippen LogP contribution in [-0.4, -0.2) is 27.1 Å². The number of amides is 1. The van der Waals surface area contributed by atoms with Gasteiger partial charge in [-0.15, -0.1) is 0 Å². The third-order valence-electron chi connectivity index (χ3n) is 4.69. The molecule has 0 aliphatic carbocycles. The molecule has 3 aromatic rings. The average molecular weight is 467 g/mol. The second-order valence-electron chi connectivity index (χ2n) is 6.87. The number of carboxylic acids is 1. The minimum absolute atomic E-state index is 0.136. The fraction of sp³-hybridized carbons (Fsp3) is 0.0417. The fourth-order valence-electron chi connectivity index (χ4n) is 3.06. The Morgan fingerprint density at radius 3 is 2.44 bits per heavy atom. The molecule has 1 aliphatic heterocycles. The van der Waals surface area contributed by atoms with E-state index in [1.807, 2.05) is 30.3 Å². The van der Waals surface area contributed by atoms with Crippen LogP contribution in [0.3, 0.4) is 0 Å². The van der Waals surface area contributed by atoms with Gasteiger partial charge in [-0.3, -0.25) is 9.69 Å². The van der Waals surface area contributed by atoms with Crippen LogP contribution >= 0.6 is 23.4 Å². The van der Waals surface area contributed by atoms with E-state index < -0.39 is 11.8 Å². The molecule has 0 aromatic heterocycles. The molecule has 5 nitrogen and oxygen atoms in total. The van der Waals surface area contributed by atoms with Crippen LogP contribution in [0.2, 0.25) is 5.02 Å². The van der Waals surface area contributed by atoms with E-state index in [9.17, 15) is 14.0 Å². The molecule has 1 fully saturated rings. The highest BCUT2D eigenvalue weighted by molar-refractivity contribution is 8.18. The summed E-state index contributed by atoms with van der Waals surface area (Å²) in [6, 6.07) is 19.8. The van der Waals surface area contributed by atoms with Crippen LogP contribution in [0.1, 0.15) is 21.5 Å². The molecule has 0 radical (unpaired) electrons. The highest BCUT2D eigenvalue weighted by atomic mass is 35.5. The van der Waals surface area contributed by atoms with Crippen LogP contribution in [0.5, 0.6) is 0 Å². The first-order valence-corrected chi connectivity index (χ1v) is 10.7. The van der Waals surface area contributed by atoms with Crippen molar-refractivity contribution < 1.29 is 19.1 Å². The Labute approximate surface area is 192 Å². The van der Waals surface area contributed by atoms with Crippen molar-refractivity contribution in [1.29, 1.82) is 0 Å². The summed E-state index contributed by atoms with van der Waals surface area (Å²) in [5, 5.41) is 9.73. The zero-order chi connectivity index (χ0) is 22.7. The Bertz CT molecular complexity index is 1220. The molecule has 1 aliphatic rings. The van der Waals surface area contributed by atoms with E-state index in [0.29, 0.717) is 10.9 Å². The zero-order valence-corrected chi connectivity index (χ0v) is 18.1. The van der Waals surface area contributed by atoms with Crippen molar-refractivity contribution in [2.75, 3.05) is 0 Å². The molecule has 8 heteroatoms. The van der Waals surface area contributed by atoms with Gasteiger partial charge in [-0.2, -0.15) is 0 Å². The van der Waals surface area contributed by atoms with Gasteiger partial charge in [0.15, 0.2) is 5.17 Å². The van der Waals surface area contributed by atoms with Crippen molar-refractivity contribution in [2.24, 2.45) is 4.99 Å². The Hall–Kier alpha value is -3.42. The normalized spacial score (nSPS) is 16.2. The zero-order valence-electron chi connectivity index (χ0n) is 16.5. The van der Waals surface area contributed by atoms with Crippen LogP contribution in [0.25, 0.3) is 6.08 Å². The molecule has 1 heterocycles. The number of benzene rings is 3. The van der Waals surface area contributed by atoms with E-state index in [0.717, 1.165) is 17.3 Å². The number of amidine groups is 1. The van der Waals surface area contributed by atoms with E-state index in [-0.39, 0.29) is 33.5 Å². The quantitative estimate of drug-likeness (QED) is 0.469. The lowest BCUT2D eigenvalue weighted by atomic mass is 10.1. The Balaban J connectivity index is 1.71. The summed E-state index contributed by atoms with van der Waals surface area (Å²) in [7, 11) is 0. The molecular formula is C24H16ClFN2O3S. The van der Waals surface area contributed by atoms with Gasteiger partial charge < -0.3 is 5.11 Å². The van der Waals surface area contributed by atoms with Gasteiger partial charge in [-0.1, -0.05) is 48.0 Å². The predicted octanol–water partition coefficient (Wildman–Crippen LogP) is 5.98. The number of hydrogen-bond acceptors (Lipinski definition) is 4. The number of nitrogens with zero attached hydrogens (tertiary/aromatic N) is 2. The van der Waals surface area contributed by atoms with Crippen molar-refractivity contribution in [3.05, 3.63) is 105 Å². The van der Waals surface area contributed by atoms with E-state index in [2.05, 4.69) is 4.99 Å². The average Bonchev–Trinajstić information content (AvgIpc) is 3.06. The van der Waals surface area contributed by atoms with Crippen molar-refractivity contribution in [3.8, 4) is 0 Å². The largest absolute Gasteiger partial charge is 0.478 e. The van der Waals surface area contributed by atoms with Crippen LogP contribution in [0, 0.1) is 5.82 Å². The van der Waals surface area contributed by atoms with Crippen LogP contribution in [-0.2, 0) is 11.3 Å². The van der Waals surface area contributed by atoms with Gasteiger partial charge in [0.25, 0.3) is 5.91 Å². The number of halogens is 2. The lowest BCUT2D eigenvalue weighted by Gasteiger charge is -2.16. The molecule has 0 unspecified atom stereocenters. The molecule has 0 atom stereocenters. The van der Waals surface area contributed by atoms with E-state index in [1.165, 1.54) is 35.2 Å². The topological polar surface area (TPSA) is 70.0 Å². The molecule has 1 amide bonds. The van der Waals surface area contributed by atoms with Gasteiger partial charge in [0.05, 0.1) is 27.7 Å². The first-order valence-electron chi connectivity index (χ1n) is 9.54. The number of thioether (sulfide) groups is 1. The fourth-order valence-corrected chi connectivity index (χ4v) is 4.26. The molecule has 4 rings (SSSR count). The summed E-state index contributed by atoms with van der Waals surface area (Å²) in [5.41, 5.74) is 1.69. The third-order valence-corrected chi connectivity index (χ3v) is 6.02. The number of aliphatic imine (C=N–C) groups is 1. The van der Waals surface area contributed by atoms with Gasteiger partial charge in [-0.05, 0) is 59.8 Å². The maximum Gasteiger partial charge on any atom is 0.335 e. The smallest absolute Gasteiger partial charge is 0.335 e. The van der Waals surface area contributed by atoms with Gasteiger partial charge in [0.1, 0.15) is 5.82 Å². The van der Waals surface area contributed by atoms with E-state index in [4.69, 9.17) is 16.7 Å².